The fourth-order valence-corrected chi connectivity index (χ4v) is 2.99. The Morgan fingerprint density at radius 3 is 2.30 bits per heavy atom. The molecule has 1 N–H and O–H groups in total. The third-order valence-corrected chi connectivity index (χ3v) is 4.47. The Kier molecular flexibility index (Phi) is 6.90. The molecule has 0 aliphatic carbocycles. The van der Waals surface area contributed by atoms with Crippen molar-refractivity contribution in [3.05, 3.63) is 59.7 Å². The van der Waals surface area contributed by atoms with Crippen molar-refractivity contribution in [2.75, 3.05) is 18.9 Å². The minimum atomic E-state index is -4.38. The number of amides is 2. The van der Waals surface area contributed by atoms with Crippen LogP contribution in [-0.2, 0) is 11.2 Å². The van der Waals surface area contributed by atoms with Gasteiger partial charge < -0.3 is 10.2 Å². The van der Waals surface area contributed by atoms with Crippen molar-refractivity contribution in [3.8, 4) is 0 Å². The molecule has 4 nitrogen and oxygen atoms in total. The number of anilines is 1. The number of thioether (sulfide) groups is 1. The molecule has 0 spiro atoms. The van der Waals surface area contributed by atoms with Gasteiger partial charge in [0.15, 0.2) is 0 Å². The van der Waals surface area contributed by atoms with E-state index in [9.17, 15) is 22.8 Å². The van der Waals surface area contributed by atoms with Gasteiger partial charge in [-0.2, -0.15) is 13.2 Å². The van der Waals surface area contributed by atoms with E-state index in [0.717, 1.165) is 12.0 Å². The first-order valence-corrected chi connectivity index (χ1v) is 9.00. The van der Waals surface area contributed by atoms with Gasteiger partial charge in [0, 0.05) is 23.2 Å². The molecule has 0 aliphatic rings. The molecule has 0 aromatic heterocycles. The molecule has 0 fully saturated rings. The van der Waals surface area contributed by atoms with Gasteiger partial charge in [0.05, 0.1) is 6.54 Å². The first-order chi connectivity index (χ1) is 12.7. The maximum Gasteiger partial charge on any atom is 0.446 e. The third-order valence-electron chi connectivity index (χ3n) is 3.73. The maximum absolute atomic E-state index is 12.4. The van der Waals surface area contributed by atoms with Crippen LogP contribution in [0.1, 0.15) is 22.8 Å². The van der Waals surface area contributed by atoms with Gasteiger partial charge >= 0.3 is 5.51 Å². The molecule has 0 atom stereocenters. The standard InChI is InChI=1S/C19H19F3N2O2S/c1-3-13-6-4-5-7-16(13)23-17(25)12-24(2)18(26)14-8-10-15(11-9-14)27-19(20,21)22/h4-11H,3,12H2,1-2H3,(H,23,25). The first kappa shape index (κ1) is 20.8. The number of hydrogen-bond donors (Lipinski definition) is 1. The number of nitrogens with one attached hydrogen (secondary N) is 1. The smallest absolute Gasteiger partial charge is 0.332 e. The first-order valence-electron chi connectivity index (χ1n) is 8.18. The molecule has 2 rings (SSSR count). The van der Waals surface area contributed by atoms with Crippen molar-refractivity contribution in [2.45, 2.75) is 23.7 Å². The highest BCUT2D eigenvalue weighted by Gasteiger charge is 2.29. The summed E-state index contributed by atoms with van der Waals surface area (Å²) in [5.74, 6) is -0.798. The lowest BCUT2D eigenvalue weighted by Gasteiger charge is -2.18. The highest BCUT2D eigenvalue weighted by Crippen LogP contribution is 2.36. The van der Waals surface area contributed by atoms with Crippen molar-refractivity contribution in [1.82, 2.24) is 4.90 Å². The van der Waals surface area contributed by atoms with E-state index in [1.165, 1.54) is 36.2 Å². The molecule has 2 aromatic rings. The summed E-state index contributed by atoms with van der Waals surface area (Å²) in [7, 11) is 1.46. The van der Waals surface area contributed by atoms with Gasteiger partial charge in [-0.1, -0.05) is 25.1 Å². The second kappa shape index (κ2) is 8.94. The lowest BCUT2D eigenvalue weighted by molar-refractivity contribution is -0.116. The van der Waals surface area contributed by atoms with Crippen LogP contribution < -0.4 is 5.32 Å². The summed E-state index contributed by atoms with van der Waals surface area (Å²) in [4.78, 5) is 25.8. The Morgan fingerprint density at radius 2 is 1.70 bits per heavy atom. The maximum atomic E-state index is 12.4. The second-order valence-corrected chi connectivity index (χ2v) is 6.93. The SMILES string of the molecule is CCc1ccccc1NC(=O)CN(C)C(=O)c1ccc(SC(F)(F)F)cc1. The number of rotatable bonds is 6. The zero-order chi connectivity index (χ0) is 20.0. The number of carbonyl (C=O) groups is 2. The highest BCUT2D eigenvalue weighted by molar-refractivity contribution is 8.00. The van der Waals surface area contributed by atoms with Gasteiger partial charge in [0.25, 0.3) is 5.91 Å². The van der Waals surface area contributed by atoms with Crippen LogP contribution in [0, 0.1) is 0 Å². The normalized spacial score (nSPS) is 11.1. The molecule has 0 heterocycles. The van der Waals surface area contributed by atoms with E-state index < -0.39 is 11.4 Å². The zero-order valence-electron chi connectivity index (χ0n) is 14.8. The van der Waals surface area contributed by atoms with Gasteiger partial charge in [0.1, 0.15) is 0 Å². The molecule has 2 aromatic carbocycles. The minimum absolute atomic E-state index is 0.00406. The quantitative estimate of drug-likeness (QED) is 0.728. The van der Waals surface area contributed by atoms with Gasteiger partial charge in [-0.05, 0) is 54.1 Å². The number of para-hydroxylation sites is 1. The van der Waals surface area contributed by atoms with Crippen LogP contribution in [0.2, 0.25) is 0 Å². The van der Waals surface area contributed by atoms with Crippen molar-refractivity contribution in [2.24, 2.45) is 0 Å². The van der Waals surface area contributed by atoms with Crippen molar-refractivity contribution < 1.29 is 22.8 Å². The van der Waals surface area contributed by atoms with Crippen LogP contribution in [0.15, 0.2) is 53.4 Å². The van der Waals surface area contributed by atoms with Gasteiger partial charge in [-0.15, -0.1) is 0 Å². The zero-order valence-corrected chi connectivity index (χ0v) is 15.7. The number of benzene rings is 2. The summed E-state index contributed by atoms with van der Waals surface area (Å²) in [6.07, 6.45) is 0.757. The van der Waals surface area contributed by atoms with E-state index in [4.69, 9.17) is 0 Å². The van der Waals surface area contributed by atoms with E-state index in [2.05, 4.69) is 5.32 Å². The summed E-state index contributed by atoms with van der Waals surface area (Å²) in [6.45, 7) is 1.80. The van der Waals surface area contributed by atoms with E-state index in [-0.39, 0.29) is 34.7 Å². The van der Waals surface area contributed by atoms with Crippen molar-refractivity contribution in [1.29, 1.82) is 0 Å². The summed E-state index contributed by atoms with van der Waals surface area (Å²) in [5.41, 5.74) is -2.49. The second-order valence-electron chi connectivity index (χ2n) is 5.79. The summed E-state index contributed by atoms with van der Waals surface area (Å²) >= 11 is -0.244. The number of nitrogens with zero attached hydrogens (tertiary/aromatic N) is 1. The number of halogens is 3. The van der Waals surface area contributed by atoms with Crippen LogP contribution in [0.4, 0.5) is 18.9 Å². The summed E-state index contributed by atoms with van der Waals surface area (Å²) in [5, 5.41) is 2.77. The highest BCUT2D eigenvalue weighted by atomic mass is 32.2. The molecule has 0 aliphatic heterocycles. The molecule has 144 valence electrons. The fraction of sp³-hybridized carbons (Fsp3) is 0.263. The molecule has 0 saturated heterocycles. The predicted molar refractivity (Wildman–Crippen MR) is 99.8 cm³/mol. The lowest BCUT2D eigenvalue weighted by atomic mass is 10.1. The summed E-state index contributed by atoms with van der Waals surface area (Å²) in [6, 6.07) is 12.5. The number of aryl methyl sites for hydroxylation is 1. The average molecular weight is 396 g/mol. The topological polar surface area (TPSA) is 49.4 Å². The Hall–Kier alpha value is -2.48. The van der Waals surface area contributed by atoms with Crippen molar-refractivity contribution in [3.63, 3.8) is 0 Å². The molecular weight excluding hydrogens is 377 g/mol. The lowest BCUT2D eigenvalue weighted by Crippen LogP contribution is -2.35. The molecule has 0 unspecified atom stereocenters. The third kappa shape index (κ3) is 6.32. The number of carbonyl (C=O) groups excluding carboxylic acids is 2. The molecule has 0 bridgehead atoms. The van der Waals surface area contributed by atoms with Gasteiger partial charge in [-0.25, -0.2) is 0 Å². The van der Waals surface area contributed by atoms with E-state index in [0.29, 0.717) is 5.69 Å². The van der Waals surface area contributed by atoms with E-state index in [1.807, 2.05) is 25.1 Å². The van der Waals surface area contributed by atoms with Crippen LogP contribution in [0.5, 0.6) is 0 Å². The van der Waals surface area contributed by atoms with Gasteiger partial charge in [0.2, 0.25) is 5.91 Å². The molecule has 2 amide bonds. The van der Waals surface area contributed by atoms with E-state index in [1.54, 1.807) is 6.07 Å². The number of alkyl halides is 3. The largest absolute Gasteiger partial charge is 0.446 e. The van der Waals surface area contributed by atoms with Crippen LogP contribution in [0.3, 0.4) is 0 Å². The molecule has 27 heavy (non-hydrogen) atoms. The Balaban J connectivity index is 1.97. The fourth-order valence-electron chi connectivity index (χ4n) is 2.45. The Morgan fingerprint density at radius 1 is 1.07 bits per heavy atom. The predicted octanol–water partition coefficient (Wildman–Crippen LogP) is 4.57. The van der Waals surface area contributed by atoms with Crippen LogP contribution in [0.25, 0.3) is 0 Å². The number of likely N-dealkylation sites (N-methyl/N-ethyl adjacent to an activating group) is 1. The van der Waals surface area contributed by atoms with Gasteiger partial charge in [-0.3, -0.25) is 9.59 Å². The molecule has 0 radical (unpaired) electrons. The Labute approximate surface area is 159 Å². The van der Waals surface area contributed by atoms with Crippen LogP contribution in [-0.4, -0.2) is 35.8 Å². The molecular formula is C19H19F3N2O2S. The average Bonchev–Trinajstić information content (AvgIpc) is 2.60. The molecule has 0 saturated carbocycles. The monoisotopic (exact) mass is 396 g/mol. The molecule has 8 heteroatoms. The summed E-state index contributed by atoms with van der Waals surface area (Å²) < 4.78 is 37.0. The minimum Gasteiger partial charge on any atom is -0.332 e. The van der Waals surface area contributed by atoms with Crippen LogP contribution >= 0.6 is 11.8 Å². The van der Waals surface area contributed by atoms with Crippen molar-refractivity contribution >= 4 is 29.3 Å². The number of hydrogen-bond acceptors (Lipinski definition) is 3. The van der Waals surface area contributed by atoms with E-state index >= 15 is 0 Å². The Bertz CT molecular complexity index is 807.